The molecule has 0 radical (unpaired) electrons. The van der Waals surface area contributed by atoms with Gasteiger partial charge < -0.3 is 10.0 Å². The number of nitrogens with zero attached hydrogens (tertiary/aromatic N) is 3. The predicted molar refractivity (Wildman–Crippen MR) is 80.6 cm³/mol. The molecule has 0 bridgehead atoms. The number of hydrogen-bond donors (Lipinski definition) is 1. The second-order valence-electron chi connectivity index (χ2n) is 4.86. The number of carbonyl (C=O) groups is 1. The van der Waals surface area contributed by atoms with E-state index in [1.807, 2.05) is 11.8 Å². The minimum Gasteiger partial charge on any atom is -0.478 e. The van der Waals surface area contributed by atoms with Crippen LogP contribution in [-0.2, 0) is 0 Å². The van der Waals surface area contributed by atoms with Crippen LogP contribution in [0.3, 0.4) is 0 Å². The maximum atomic E-state index is 11.0. The first-order valence-electron chi connectivity index (χ1n) is 6.50. The van der Waals surface area contributed by atoms with E-state index >= 15 is 0 Å². The zero-order valence-electron chi connectivity index (χ0n) is 11.1. The van der Waals surface area contributed by atoms with Gasteiger partial charge >= 0.3 is 5.97 Å². The first-order chi connectivity index (χ1) is 9.65. The Balaban J connectivity index is 2.05. The Morgan fingerprint density at radius 3 is 3.05 bits per heavy atom. The van der Waals surface area contributed by atoms with Crippen LogP contribution in [0, 0.1) is 0 Å². The number of fused-ring (bicyclic) bond motifs is 1. The number of rotatable bonds is 2. The zero-order valence-corrected chi connectivity index (χ0v) is 11.9. The number of aromatic carboxylic acids is 1. The maximum absolute atomic E-state index is 11.0. The Morgan fingerprint density at radius 1 is 1.45 bits per heavy atom. The van der Waals surface area contributed by atoms with Gasteiger partial charge in [-0.1, -0.05) is 6.92 Å². The van der Waals surface area contributed by atoms with E-state index in [2.05, 4.69) is 21.8 Å². The normalized spacial score (nSPS) is 19.2. The van der Waals surface area contributed by atoms with Crippen molar-refractivity contribution in [3.8, 4) is 0 Å². The first-order valence-corrected chi connectivity index (χ1v) is 7.54. The summed E-state index contributed by atoms with van der Waals surface area (Å²) in [6.45, 7) is 4.13. The van der Waals surface area contributed by atoms with Crippen LogP contribution < -0.4 is 4.90 Å². The molecule has 20 heavy (non-hydrogen) atoms. The third kappa shape index (κ3) is 2.43. The van der Waals surface area contributed by atoms with Gasteiger partial charge in [-0.05, 0) is 18.2 Å². The molecular weight excluding hydrogens is 274 g/mol. The average Bonchev–Trinajstić information content (AvgIpc) is 2.46. The maximum Gasteiger partial charge on any atom is 0.335 e. The van der Waals surface area contributed by atoms with Crippen molar-refractivity contribution < 1.29 is 9.90 Å². The predicted octanol–water partition coefficient (Wildman–Crippen LogP) is 2.27. The highest BCUT2D eigenvalue weighted by molar-refractivity contribution is 8.00. The summed E-state index contributed by atoms with van der Waals surface area (Å²) in [6.07, 6.45) is 1.51. The second kappa shape index (κ2) is 5.28. The van der Waals surface area contributed by atoms with Gasteiger partial charge in [-0.2, -0.15) is 11.8 Å². The van der Waals surface area contributed by atoms with Crippen LogP contribution in [0.15, 0.2) is 24.5 Å². The third-order valence-electron chi connectivity index (χ3n) is 3.40. The number of anilines is 1. The Labute approximate surface area is 121 Å². The van der Waals surface area contributed by atoms with E-state index in [1.54, 1.807) is 18.2 Å². The molecule has 1 aromatic heterocycles. The Kier molecular flexibility index (Phi) is 3.48. The number of carboxylic acid groups (broad SMARTS) is 1. The van der Waals surface area contributed by atoms with Crippen molar-refractivity contribution in [3.05, 3.63) is 30.1 Å². The monoisotopic (exact) mass is 289 g/mol. The standard InChI is InChI=1S/C14H15N3O2S/c1-9-7-17(4-5-20-9)13-11-3-2-10(14(18)19)6-12(11)15-8-16-13/h2-3,6,8-9H,4-5,7H2,1H3,(H,18,19). The lowest BCUT2D eigenvalue weighted by Gasteiger charge is -2.32. The minimum atomic E-state index is -0.935. The van der Waals surface area contributed by atoms with E-state index in [4.69, 9.17) is 5.11 Å². The molecule has 0 spiro atoms. The van der Waals surface area contributed by atoms with Gasteiger partial charge in [0.15, 0.2) is 0 Å². The minimum absolute atomic E-state index is 0.254. The fourth-order valence-electron chi connectivity index (χ4n) is 2.44. The molecular formula is C14H15N3O2S. The summed E-state index contributed by atoms with van der Waals surface area (Å²) in [5, 5.41) is 10.5. The summed E-state index contributed by atoms with van der Waals surface area (Å²) >= 11 is 1.97. The molecule has 1 aromatic carbocycles. The van der Waals surface area contributed by atoms with Crippen molar-refractivity contribution in [3.63, 3.8) is 0 Å². The van der Waals surface area contributed by atoms with Crippen LogP contribution in [-0.4, -0.2) is 45.1 Å². The number of aromatic nitrogens is 2. The van der Waals surface area contributed by atoms with Crippen molar-refractivity contribution in [1.82, 2.24) is 9.97 Å². The molecule has 1 fully saturated rings. The van der Waals surface area contributed by atoms with E-state index in [-0.39, 0.29) is 5.56 Å². The molecule has 0 saturated carbocycles. The van der Waals surface area contributed by atoms with Gasteiger partial charge in [0.1, 0.15) is 12.1 Å². The van der Waals surface area contributed by atoms with Gasteiger partial charge in [-0.3, -0.25) is 0 Å². The molecule has 2 heterocycles. The average molecular weight is 289 g/mol. The molecule has 104 valence electrons. The molecule has 0 aliphatic carbocycles. The molecule has 1 saturated heterocycles. The zero-order chi connectivity index (χ0) is 14.1. The Morgan fingerprint density at radius 2 is 2.30 bits per heavy atom. The lowest BCUT2D eigenvalue weighted by atomic mass is 10.1. The van der Waals surface area contributed by atoms with E-state index in [0.717, 1.165) is 30.0 Å². The van der Waals surface area contributed by atoms with Crippen LogP contribution in [0.4, 0.5) is 5.82 Å². The van der Waals surface area contributed by atoms with Crippen molar-refractivity contribution >= 4 is 34.5 Å². The summed E-state index contributed by atoms with van der Waals surface area (Å²) in [5.74, 6) is 1.05. The van der Waals surface area contributed by atoms with Gasteiger partial charge in [-0.15, -0.1) is 0 Å². The molecule has 1 atom stereocenters. The quantitative estimate of drug-likeness (QED) is 0.915. The topological polar surface area (TPSA) is 66.3 Å². The van der Waals surface area contributed by atoms with E-state index < -0.39 is 5.97 Å². The summed E-state index contributed by atoms with van der Waals surface area (Å²) in [7, 11) is 0. The first kappa shape index (κ1) is 13.2. The van der Waals surface area contributed by atoms with E-state index in [0.29, 0.717) is 10.8 Å². The van der Waals surface area contributed by atoms with Crippen LogP contribution in [0.5, 0.6) is 0 Å². The van der Waals surface area contributed by atoms with Crippen LogP contribution in [0.1, 0.15) is 17.3 Å². The van der Waals surface area contributed by atoms with Gasteiger partial charge in [-0.25, -0.2) is 14.8 Å². The van der Waals surface area contributed by atoms with E-state index in [1.165, 1.54) is 6.33 Å². The van der Waals surface area contributed by atoms with Gasteiger partial charge in [0.25, 0.3) is 0 Å². The highest BCUT2D eigenvalue weighted by atomic mass is 32.2. The van der Waals surface area contributed by atoms with E-state index in [9.17, 15) is 4.79 Å². The van der Waals surface area contributed by atoms with Gasteiger partial charge in [0.05, 0.1) is 11.1 Å². The second-order valence-corrected chi connectivity index (χ2v) is 6.41. The van der Waals surface area contributed by atoms with Gasteiger partial charge in [0, 0.05) is 29.5 Å². The van der Waals surface area contributed by atoms with Crippen LogP contribution >= 0.6 is 11.8 Å². The summed E-state index contributed by atoms with van der Waals surface area (Å²) in [5.41, 5.74) is 0.936. The highest BCUT2D eigenvalue weighted by Crippen LogP contribution is 2.28. The fraction of sp³-hybridized carbons (Fsp3) is 0.357. The molecule has 5 nitrogen and oxygen atoms in total. The summed E-state index contributed by atoms with van der Waals surface area (Å²) < 4.78 is 0. The molecule has 0 amide bonds. The molecule has 2 aromatic rings. The van der Waals surface area contributed by atoms with Gasteiger partial charge in [0.2, 0.25) is 0 Å². The smallest absolute Gasteiger partial charge is 0.335 e. The molecule has 1 N–H and O–H groups in total. The number of hydrogen-bond acceptors (Lipinski definition) is 5. The summed E-state index contributed by atoms with van der Waals surface area (Å²) in [4.78, 5) is 21.9. The van der Waals surface area contributed by atoms with Crippen molar-refractivity contribution in [1.29, 1.82) is 0 Å². The molecule has 1 aliphatic heterocycles. The molecule has 3 rings (SSSR count). The lowest BCUT2D eigenvalue weighted by Crippen LogP contribution is -2.37. The fourth-order valence-corrected chi connectivity index (χ4v) is 3.45. The molecule has 1 unspecified atom stereocenters. The highest BCUT2D eigenvalue weighted by Gasteiger charge is 2.20. The largest absolute Gasteiger partial charge is 0.478 e. The summed E-state index contributed by atoms with van der Waals surface area (Å²) in [6, 6.07) is 5.02. The van der Waals surface area contributed by atoms with Crippen LogP contribution in [0.25, 0.3) is 10.9 Å². The molecule has 1 aliphatic rings. The Bertz CT molecular complexity index is 662. The SMILES string of the molecule is CC1CN(c2ncnc3cc(C(=O)O)ccc23)CCS1. The lowest BCUT2D eigenvalue weighted by molar-refractivity contribution is 0.0697. The van der Waals surface area contributed by atoms with Crippen molar-refractivity contribution in [2.75, 3.05) is 23.7 Å². The van der Waals surface area contributed by atoms with Crippen LogP contribution in [0.2, 0.25) is 0 Å². The third-order valence-corrected chi connectivity index (χ3v) is 4.54. The Hall–Kier alpha value is -1.82. The number of thioether (sulfide) groups is 1. The number of carboxylic acids is 1. The van der Waals surface area contributed by atoms with Crippen molar-refractivity contribution in [2.45, 2.75) is 12.2 Å². The molecule has 6 heteroatoms. The van der Waals surface area contributed by atoms with Crippen molar-refractivity contribution in [2.24, 2.45) is 0 Å². The number of benzene rings is 1.